The number of anilines is 1. The van der Waals surface area contributed by atoms with Crippen molar-refractivity contribution < 1.29 is 9.90 Å². The Morgan fingerprint density at radius 3 is 2.83 bits per heavy atom. The Labute approximate surface area is 107 Å². The molecule has 2 aromatic heterocycles. The van der Waals surface area contributed by atoms with Gasteiger partial charge in [0.05, 0.1) is 5.69 Å². The van der Waals surface area contributed by atoms with Crippen molar-refractivity contribution in [3.63, 3.8) is 0 Å². The molecular formula is C10H9N5O2S. The molecule has 0 aliphatic carbocycles. The predicted octanol–water partition coefficient (Wildman–Crippen LogP) is 0.839. The van der Waals surface area contributed by atoms with Crippen molar-refractivity contribution in [1.82, 2.24) is 19.9 Å². The number of hydrogen-bond donors (Lipinski definition) is 2. The maximum atomic E-state index is 11.0. The van der Waals surface area contributed by atoms with Gasteiger partial charge in [-0.25, -0.2) is 24.7 Å². The highest BCUT2D eigenvalue weighted by atomic mass is 32.2. The molecule has 0 atom stereocenters. The van der Waals surface area contributed by atoms with Crippen LogP contribution in [0.5, 0.6) is 0 Å². The normalized spacial score (nSPS) is 10.2. The molecule has 3 N–H and O–H groups in total. The molecule has 0 aliphatic rings. The number of hydrogen-bond acceptors (Lipinski definition) is 7. The van der Waals surface area contributed by atoms with Crippen LogP contribution in [0.1, 0.15) is 16.1 Å². The molecular weight excluding hydrogens is 254 g/mol. The van der Waals surface area contributed by atoms with E-state index in [1.54, 1.807) is 0 Å². The largest absolute Gasteiger partial charge is 0.478 e. The molecule has 0 bridgehead atoms. The number of carboxylic acids is 1. The molecule has 0 saturated heterocycles. The molecule has 0 fully saturated rings. The molecule has 18 heavy (non-hydrogen) atoms. The van der Waals surface area contributed by atoms with E-state index in [9.17, 15) is 4.79 Å². The lowest BCUT2D eigenvalue weighted by Crippen LogP contribution is -2.05. The predicted molar refractivity (Wildman–Crippen MR) is 65.0 cm³/mol. The Bertz CT molecular complexity index is 578. The van der Waals surface area contributed by atoms with Gasteiger partial charge in [-0.15, -0.1) is 0 Å². The zero-order valence-corrected chi connectivity index (χ0v) is 9.96. The molecule has 0 radical (unpaired) electrons. The maximum Gasteiger partial charge on any atom is 0.339 e. The smallest absolute Gasteiger partial charge is 0.339 e. The number of thioether (sulfide) groups is 1. The summed E-state index contributed by atoms with van der Waals surface area (Å²) < 4.78 is 0. The first kappa shape index (κ1) is 12.2. The molecule has 2 heterocycles. The molecule has 0 aliphatic heterocycles. The molecule has 0 aromatic carbocycles. The van der Waals surface area contributed by atoms with Gasteiger partial charge < -0.3 is 10.8 Å². The summed E-state index contributed by atoms with van der Waals surface area (Å²) in [4.78, 5) is 26.5. The fourth-order valence-corrected chi connectivity index (χ4v) is 2.07. The Hall–Kier alpha value is -2.22. The van der Waals surface area contributed by atoms with Gasteiger partial charge in [-0.1, -0.05) is 11.8 Å². The van der Waals surface area contributed by atoms with Crippen molar-refractivity contribution >= 4 is 23.5 Å². The number of carbonyl (C=O) groups is 1. The quantitative estimate of drug-likeness (QED) is 0.780. The summed E-state index contributed by atoms with van der Waals surface area (Å²) in [6.45, 7) is 0. The molecule has 8 heteroatoms. The summed E-state index contributed by atoms with van der Waals surface area (Å²) in [6.07, 6.45) is 5.59. The van der Waals surface area contributed by atoms with E-state index in [-0.39, 0.29) is 5.56 Å². The first-order chi connectivity index (χ1) is 8.68. The number of nitrogens with zero attached hydrogens (tertiary/aromatic N) is 4. The standard InChI is InChI=1S/C10H9N5O2S/c11-8-9(14-2-1-13-8)18-4-7-6(10(16)17)3-12-5-15-7/h1-3,5H,4H2,(H2,11,13)(H,16,17). The van der Waals surface area contributed by atoms with E-state index < -0.39 is 5.97 Å². The van der Waals surface area contributed by atoms with Crippen molar-refractivity contribution in [3.8, 4) is 0 Å². The Kier molecular flexibility index (Phi) is 3.68. The number of nitrogens with two attached hydrogens (primary N) is 1. The van der Waals surface area contributed by atoms with Crippen LogP contribution in [-0.4, -0.2) is 31.0 Å². The second-order valence-electron chi connectivity index (χ2n) is 3.22. The van der Waals surface area contributed by atoms with Crippen molar-refractivity contribution in [1.29, 1.82) is 0 Å². The van der Waals surface area contributed by atoms with Gasteiger partial charge in [0.2, 0.25) is 0 Å². The molecule has 0 amide bonds. The third kappa shape index (κ3) is 2.72. The van der Waals surface area contributed by atoms with Crippen molar-refractivity contribution in [2.75, 3.05) is 5.73 Å². The zero-order valence-electron chi connectivity index (χ0n) is 9.15. The average Bonchev–Trinajstić information content (AvgIpc) is 2.38. The minimum atomic E-state index is -1.06. The van der Waals surface area contributed by atoms with Gasteiger partial charge >= 0.3 is 5.97 Å². The van der Waals surface area contributed by atoms with Crippen LogP contribution in [0.25, 0.3) is 0 Å². The number of rotatable bonds is 4. The number of carboxylic acid groups (broad SMARTS) is 1. The molecule has 0 saturated carbocycles. The van der Waals surface area contributed by atoms with Crippen LogP contribution < -0.4 is 5.73 Å². The summed E-state index contributed by atoms with van der Waals surface area (Å²) >= 11 is 1.28. The average molecular weight is 263 g/mol. The van der Waals surface area contributed by atoms with Crippen LogP contribution in [0.15, 0.2) is 29.9 Å². The van der Waals surface area contributed by atoms with Crippen LogP contribution in [0.3, 0.4) is 0 Å². The SMILES string of the molecule is Nc1nccnc1SCc1ncncc1C(=O)O. The van der Waals surface area contributed by atoms with Crippen molar-refractivity contribution in [3.05, 3.63) is 36.2 Å². The van der Waals surface area contributed by atoms with Crippen LogP contribution in [0, 0.1) is 0 Å². The third-order valence-corrected chi connectivity index (χ3v) is 3.07. The molecule has 2 rings (SSSR count). The fraction of sp³-hybridized carbons (Fsp3) is 0.100. The summed E-state index contributed by atoms with van der Waals surface area (Å²) in [6, 6.07) is 0. The number of aromatic nitrogens is 4. The van der Waals surface area contributed by atoms with Gasteiger partial charge in [0.25, 0.3) is 0 Å². The van der Waals surface area contributed by atoms with Gasteiger partial charge in [0.1, 0.15) is 16.9 Å². The lowest BCUT2D eigenvalue weighted by Gasteiger charge is -2.04. The highest BCUT2D eigenvalue weighted by Crippen LogP contribution is 2.24. The van der Waals surface area contributed by atoms with E-state index >= 15 is 0 Å². The minimum absolute atomic E-state index is 0.0764. The molecule has 0 unspecified atom stereocenters. The molecule has 2 aromatic rings. The van der Waals surface area contributed by atoms with Crippen LogP contribution in [0.2, 0.25) is 0 Å². The number of nitrogen functional groups attached to an aromatic ring is 1. The Morgan fingerprint density at radius 2 is 2.11 bits per heavy atom. The van der Waals surface area contributed by atoms with Gasteiger partial charge in [0.15, 0.2) is 5.82 Å². The number of aromatic carboxylic acids is 1. The first-order valence-electron chi connectivity index (χ1n) is 4.90. The lowest BCUT2D eigenvalue weighted by atomic mass is 10.2. The highest BCUT2D eigenvalue weighted by molar-refractivity contribution is 7.98. The Morgan fingerprint density at radius 1 is 1.33 bits per heavy atom. The lowest BCUT2D eigenvalue weighted by molar-refractivity contribution is 0.0695. The van der Waals surface area contributed by atoms with Gasteiger partial charge in [0, 0.05) is 24.3 Å². The van der Waals surface area contributed by atoms with Crippen LogP contribution in [-0.2, 0) is 5.75 Å². The topological polar surface area (TPSA) is 115 Å². The second-order valence-corrected chi connectivity index (χ2v) is 4.19. The first-order valence-corrected chi connectivity index (χ1v) is 5.88. The van der Waals surface area contributed by atoms with Gasteiger partial charge in [-0.2, -0.15) is 0 Å². The van der Waals surface area contributed by atoms with E-state index in [1.165, 1.54) is 36.7 Å². The maximum absolute atomic E-state index is 11.0. The molecule has 7 nitrogen and oxygen atoms in total. The van der Waals surface area contributed by atoms with E-state index in [0.29, 0.717) is 22.3 Å². The van der Waals surface area contributed by atoms with Crippen molar-refractivity contribution in [2.45, 2.75) is 10.8 Å². The Balaban J connectivity index is 2.16. The van der Waals surface area contributed by atoms with Crippen molar-refractivity contribution in [2.24, 2.45) is 0 Å². The van der Waals surface area contributed by atoms with Gasteiger partial charge in [-0.05, 0) is 0 Å². The zero-order chi connectivity index (χ0) is 13.0. The summed E-state index contributed by atoms with van der Waals surface area (Å²) in [5.74, 6) is -0.403. The third-order valence-electron chi connectivity index (χ3n) is 2.06. The summed E-state index contributed by atoms with van der Waals surface area (Å²) in [5.41, 5.74) is 6.14. The second kappa shape index (κ2) is 5.41. The van der Waals surface area contributed by atoms with E-state index in [4.69, 9.17) is 10.8 Å². The fourth-order valence-electron chi connectivity index (χ4n) is 1.23. The minimum Gasteiger partial charge on any atom is -0.478 e. The van der Waals surface area contributed by atoms with E-state index in [1.807, 2.05) is 0 Å². The van der Waals surface area contributed by atoms with Crippen LogP contribution in [0.4, 0.5) is 5.82 Å². The summed E-state index contributed by atoms with van der Waals surface area (Å²) in [7, 11) is 0. The van der Waals surface area contributed by atoms with E-state index in [2.05, 4.69) is 19.9 Å². The monoisotopic (exact) mass is 263 g/mol. The van der Waals surface area contributed by atoms with Gasteiger partial charge in [-0.3, -0.25) is 0 Å². The van der Waals surface area contributed by atoms with Crippen LogP contribution >= 0.6 is 11.8 Å². The summed E-state index contributed by atoms with van der Waals surface area (Å²) in [5, 5.41) is 9.52. The highest BCUT2D eigenvalue weighted by Gasteiger charge is 2.12. The van der Waals surface area contributed by atoms with E-state index in [0.717, 1.165) is 0 Å². The molecule has 0 spiro atoms. The molecule has 92 valence electrons.